The van der Waals surface area contributed by atoms with Crippen LogP contribution in [-0.4, -0.2) is 42.9 Å². The number of rotatable bonds is 2. The second kappa shape index (κ2) is 5.48. The van der Waals surface area contributed by atoms with Crippen molar-refractivity contribution in [3.63, 3.8) is 0 Å². The van der Waals surface area contributed by atoms with Crippen LogP contribution >= 0.6 is 11.8 Å². The largest absolute Gasteiger partial charge is 0.384 e. The number of nitrogens with zero attached hydrogens (tertiary/aromatic N) is 1. The molecule has 0 unspecified atom stereocenters. The van der Waals surface area contributed by atoms with E-state index < -0.39 is 10.0 Å². The van der Waals surface area contributed by atoms with Crippen molar-refractivity contribution in [3.8, 4) is 0 Å². The lowest BCUT2D eigenvalue weighted by atomic mass is 10.1. The predicted molar refractivity (Wildman–Crippen MR) is 88.5 cm³/mol. The van der Waals surface area contributed by atoms with Crippen LogP contribution in [0.3, 0.4) is 0 Å². The first-order valence-corrected chi connectivity index (χ1v) is 9.82. The molecule has 1 saturated heterocycles. The number of benzene rings is 1. The van der Waals surface area contributed by atoms with E-state index in [0.717, 1.165) is 30.8 Å². The highest BCUT2D eigenvalue weighted by Gasteiger charge is 2.31. The summed E-state index contributed by atoms with van der Waals surface area (Å²) in [7, 11) is -3.38. The first-order valence-electron chi connectivity index (χ1n) is 7.39. The van der Waals surface area contributed by atoms with E-state index in [1.54, 1.807) is 16.4 Å². The fourth-order valence-electron chi connectivity index (χ4n) is 2.82. The van der Waals surface area contributed by atoms with Gasteiger partial charge in [0, 0.05) is 35.8 Å². The van der Waals surface area contributed by atoms with Gasteiger partial charge in [-0.25, -0.2) is 8.42 Å². The van der Waals surface area contributed by atoms with Gasteiger partial charge in [0.1, 0.15) is 0 Å². The molecular weight excluding hydrogens is 304 g/mol. The fourth-order valence-corrected chi connectivity index (χ4v) is 5.51. The Morgan fingerprint density at radius 1 is 1.29 bits per heavy atom. The molecule has 1 fully saturated rings. The van der Waals surface area contributed by atoms with Crippen LogP contribution in [0.25, 0.3) is 0 Å². The van der Waals surface area contributed by atoms with Gasteiger partial charge in [0.15, 0.2) is 0 Å². The van der Waals surface area contributed by atoms with E-state index in [4.69, 9.17) is 0 Å². The van der Waals surface area contributed by atoms with Crippen molar-refractivity contribution in [1.82, 2.24) is 4.31 Å². The quantitative estimate of drug-likeness (QED) is 0.907. The molecule has 0 saturated carbocycles. The van der Waals surface area contributed by atoms with Gasteiger partial charge in [-0.3, -0.25) is 0 Å². The molecule has 6 heteroatoms. The summed E-state index contributed by atoms with van der Waals surface area (Å²) in [6.45, 7) is 6.47. The summed E-state index contributed by atoms with van der Waals surface area (Å²) in [6.07, 6.45) is 1.87. The van der Waals surface area contributed by atoms with E-state index in [1.165, 1.54) is 5.56 Å². The Morgan fingerprint density at radius 3 is 2.90 bits per heavy atom. The molecule has 116 valence electrons. The Hall–Kier alpha value is -0.720. The van der Waals surface area contributed by atoms with E-state index in [1.807, 2.05) is 17.8 Å². The van der Waals surface area contributed by atoms with Crippen molar-refractivity contribution in [2.24, 2.45) is 0 Å². The van der Waals surface area contributed by atoms with Crippen LogP contribution in [0.5, 0.6) is 0 Å². The molecule has 4 nitrogen and oxygen atoms in total. The second-order valence-electron chi connectivity index (χ2n) is 6.26. The van der Waals surface area contributed by atoms with Gasteiger partial charge in [-0.1, -0.05) is 19.9 Å². The SMILES string of the molecule is CC1(C)CCN(S(=O)(=O)c2ccc3c(c2)NCC3)CCS1. The maximum absolute atomic E-state index is 12.8. The number of fused-ring (bicyclic) bond motifs is 1. The van der Waals surface area contributed by atoms with Crippen molar-refractivity contribution in [2.45, 2.75) is 36.3 Å². The smallest absolute Gasteiger partial charge is 0.243 e. The van der Waals surface area contributed by atoms with Crippen molar-refractivity contribution >= 4 is 27.5 Å². The molecule has 1 aromatic carbocycles. The van der Waals surface area contributed by atoms with E-state index in [9.17, 15) is 8.42 Å². The molecule has 2 heterocycles. The molecule has 0 aliphatic carbocycles. The van der Waals surface area contributed by atoms with Crippen molar-refractivity contribution in [1.29, 1.82) is 0 Å². The van der Waals surface area contributed by atoms with Gasteiger partial charge in [0.05, 0.1) is 4.90 Å². The van der Waals surface area contributed by atoms with Crippen molar-refractivity contribution < 1.29 is 8.42 Å². The van der Waals surface area contributed by atoms with Crippen LogP contribution in [0.2, 0.25) is 0 Å². The summed E-state index contributed by atoms with van der Waals surface area (Å²) in [5.74, 6) is 0.857. The molecule has 3 rings (SSSR count). The van der Waals surface area contributed by atoms with E-state index >= 15 is 0 Å². The van der Waals surface area contributed by atoms with Gasteiger partial charge in [-0.05, 0) is 30.5 Å². The lowest BCUT2D eigenvalue weighted by Crippen LogP contribution is -2.33. The van der Waals surface area contributed by atoms with Gasteiger partial charge >= 0.3 is 0 Å². The van der Waals surface area contributed by atoms with Crippen LogP contribution in [0.4, 0.5) is 5.69 Å². The zero-order chi connectivity index (χ0) is 15.1. The van der Waals surface area contributed by atoms with Gasteiger partial charge in [0.2, 0.25) is 10.0 Å². The highest BCUT2D eigenvalue weighted by molar-refractivity contribution is 8.00. The standard InChI is InChI=1S/C15H22N2O2S2/c1-15(2)6-8-17(9-10-20-15)21(18,19)13-4-3-12-5-7-16-14(12)11-13/h3-4,11,16H,5-10H2,1-2H3. The Balaban J connectivity index is 1.86. The number of thioether (sulfide) groups is 1. The summed E-state index contributed by atoms with van der Waals surface area (Å²) >= 11 is 1.86. The molecule has 0 aromatic heterocycles. The molecule has 0 radical (unpaired) electrons. The third-order valence-electron chi connectivity index (χ3n) is 4.23. The number of sulfonamides is 1. The summed E-state index contributed by atoms with van der Waals surface area (Å²) in [5.41, 5.74) is 2.18. The number of nitrogens with one attached hydrogen (secondary N) is 1. The summed E-state index contributed by atoms with van der Waals surface area (Å²) < 4.78 is 27.5. The second-order valence-corrected chi connectivity index (χ2v) is 10.00. The van der Waals surface area contributed by atoms with E-state index in [-0.39, 0.29) is 4.75 Å². The lowest BCUT2D eigenvalue weighted by Gasteiger charge is -2.22. The monoisotopic (exact) mass is 326 g/mol. The average Bonchev–Trinajstić information content (AvgIpc) is 2.81. The molecule has 0 amide bonds. The average molecular weight is 326 g/mol. The maximum atomic E-state index is 12.8. The highest BCUT2D eigenvalue weighted by Crippen LogP contribution is 2.33. The minimum absolute atomic E-state index is 0.157. The third kappa shape index (κ3) is 3.07. The van der Waals surface area contributed by atoms with E-state index in [2.05, 4.69) is 19.2 Å². The molecular formula is C15H22N2O2S2. The zero-order valence-electron chi connectivity index (χ0n) is 12.6. The summed E-state index contributed by atoms with van der Waals surface area (Å²) in [6, 6.07) is 5.49. The van der Waals surface area contributed by atoms with Crippen LogP contribution in [0.15, 0.2) is 23.1 Å². The molecule has 1 aromatic rings. The Bertz CT molecular complexity index is 641. The minimum Gasteiger partial charge on any atom is -0.384 e. The summed E-state index contributed by atoms with van der Waals surface area (Å²) in [4.78, 5) is 0.417. The van der Waals surface area contributed by atoms with Crippen molar-refractivity contribution in [3.05, 3.63) is 23.8 Å². The molecule has 2 aliphatic rings. The van der Waals surface area contributed by atoms with Gasteiger partial charge in [-0.2, -0.15) is 16.1 Å². The molecule has 0 bridgehead atoms. The normalized spacial score (nSPS) is 22.4. The number of hydrogen-bond acceptors (Lipinski definition) is 4. The van der Waals surface area contributed by atoms with Gasteiger partial charge in [-0.15, -0.1) is 0 Å². The maximum Gasteiger partial charge on any atom is 0.243 e. The van der Waals surface area contributed by atoms with Crippen LogP contribution in [0.1, 0.15) is 25.8 Å². The van der Waals surface area contributed by atoms with E-state index in [0.29, 0.717) is 18.0 Å². The lowest BCUT2D eigenvalue weighted by molar-refractivity contribution is 0.415. The first-order chi connectivity index (χ1) is 9.88. The molecule has 2 aliphatic heterocycles. The van der Waals surface area contributed by atoms with Crippen LogP contribution < -0.4 is 5.32 Å². The Labute approximate surface area is 131 Å². The minimum atomic E-state index is -3.38. The highest BCUT2D eigenvalue weighted by atomic mass is 32.2. The predicted octanol–water partition coefficient (Wildman–Crippen LogP) is 2.56. The summed E-state index contributed by atoms with van der Waals surface area (Å²) in [5, 5.41) is 3.25. The Morgan fingerprint density at radius 2 is 2.10 bits per heavy atom. The topological polar surface area (TPSA) is 49.4 Å². The Kier molecular flexibility index (Phi) is 3.96. The van der Waals surface area contributed by atoms with Crippen LogP contribution in [0, 0.1) is 0 Å². The molecule has 0 spiro atoms. The fraction of sp³-hybridized carbons (Fsp3) is 0.600. The third-order valence-corrected chi connectivity index (χ3v) is 7.49. The number of anilines is 1. The van der Waals surface area contributed by atoms with Crippen molar-refractivity contribution in [2.75, 3.05) is 30.7 Å². The molecule has 21 heavy (non-hydrogen) atoms. The molecule has 0 atom stereocenters. The number of hydrogen-bond donors (Lipinski definition) is 1. The van der Waals surface area contributed by atoms with Gasteiger partial charge < -0.3 is 5.32 Å². The van der Waals surface area contributed by atoms with Gasteiger partial charge in [0.25, 0.3) is 0 Å². The first kappa shape index (κ1) is 15.2. The molecule has 1 N–H and O–H groups in total. The van der Waals surface area contributed by atoms with Crippen LogP contribution in [-0.2, 0) is 16.4 Å². The zero-order valence-corrected chi connectivity index (χ0v) is 14.2.